The van der Waals surface area contributed by atoms with E-state index in [1.165, 1.54) is 0 Å². The molecule has 2 aromatic carbocycles. The summed E-state index contributed by atoms with van der Waals surface area (Å²) in [6.07, 6.45) is 2.17. The summed E-state index contributed by atoms with van der Waals surface area (Å²) < 4.78 is 11.3. The number of halogens is 1. The Balaban J connectivity index is 1.58. The van der Waals surface area contributed by atoms with Gasteiger partial charge in [0.15, 0.2) is 5.76 Å². The lowest BCUT2D eigenvalue weighted by Gasteiger charge is -2.13. The number of anilines is 1. The Kier molecular flexibility index (Phi) is 6.51. The third-order valence-corrected chi connectivity index (χ3v) is 5.79. The predicted octanol–water partition coefficient (Wildman–Crippen LogP) is 5.28. The Morgan fingerprint density at radius 3 is 2.55 bits per heavy atom. The normalized spacial score (nSPS) is 14.0. The van der Waals surface area contributed by atoms with Crippen LogP contribution in [0.4, 0.5) is 5.69 Å². The number of furan rings is 1. The van der Waals surface area contributed by atoms with Crippen molar-refractivity contribution in [1.82, 2.24) is 5.43 Å². The van der Waals surface area contributed by atoms with E-state index < -0.39 is 0 Å². The number of ether oxygens (including phenoxy) is 1. The van der Waals surface area contributed by atoms with E-state index in [0.29, 0.717) is 51.9 Å². The van der Waals surface area contributed by atoms with E-state index in [-0.39, 0.29) is 17.6 Å². The van der Waals surface area contributed by atoms with Crippen LogP contribution in [0.25, 0.3) is 0 Å². The van der Waals surface area contributed by atoms with Crippen LogP contribution in [0.1, 0.15) is 56.2 Å². The first kappa shape index (κ1) is 22.6. The molecular formula is C25H24ClN3O4. The number of hydrogen-bond donors (Lipinski definition) is 2. The highest BCUT2D eigenvalue weighted by molar-refractivity contribution is 6.30. The fraction of sp³-hybridized carbons (Fsp3) is 0.240. The van der Waals surface area contributed by atoms with Gasteiger partial charge in [0.05, 0.1) is 18.5 Å². The summed E-state index contributed by atoms with van der Waals surface area (Å²) >= 11 is 5.88. The van der Waals surface area contributed by atoms with Gasteiger partial charge in [0, 0.05) is 28.1 Å². The molecule has 0 bridgehead atoms. The van der Waals surface area contributed by atoms with Crippen molar-refractivity contribution in [2.75, 3.05) is 12.4 Å². The molecule has 1 aliphatic carbocycles. The molecule has 0 saturated carbocycles. The van der Waals surface area contributed by atoms with E-state index in [2.05, 4.69) is 15.8 Å². The quantitative estimate of drug-likeness (QED) is 0.501. The molecule has 0 spiro atoms. The van der Waals surface area contributed by atoms with Crippen LogP contribution in [0.3, 0.4) is 0 Å². The fourth-order valence-corrected chi connectivity index (χ4v) is 4.01. The number of nitrogens with one attached hydrogen (secondary N) is 2. The number of amides is 2. The topological polar surface area (TPSA) is 92.9 Å². The third-order valence-electron chi connectivity index (χ3n) is 5.53. The molecule has 0 unspecified atom stereocenters. The number of carbonyl (C=O) groups is 2. The fourth-order valence-electron chi connectivity index (χ4n) is 3.88. The standard InChI is InChI=1S/C25H24ClN3O4/c1-14-7-12-20(32-3)19(13-14)27-25(31)23-15(2)22-18(5-4-6-21(22)33-23)28-29-24(30)16-8-10-17(26)11-9-16/h7-13H,4-6H2,1-3H3,(H,27,31)(H,29,30)/b28-18+. The minimum Gasteiger partial charge on any atom is -0.495 e. The average molecular weight is 466 g/mol. The Morgan fingerprint density at radius 1 is 1.06 bits per heavy atom. The van der Waals surface area contributed by atoms with Crippen molar-refractivity contribution >= 4 is 34.8 Å². The van der Waals surface area contributed by atoms with Crippen LogP contribution in [0.2, 0.25) is 5.02 Å². The van der Waals surface area contributed by atoms with Crippen molar-refractivity contribution in [3.63, 3.8) is 0 Å². The summed E-state index contributed by atoms with van der Waals surface area (Å²) in [6.45, 7) is 3.76. The molecule has 4 rings (SSSR count). The van der Waals surface area contributed by atoms with Gasteiger partial charge in [-0.3, -0.25) is 9.59 Å². The predicted molar refractivity (Wildman–Crippen MR) is 128 cm³/mol. The van der Waals surface area contributed by atoms with Gasteiger partial charge in [-0.05, 0) is 68.7 Å². The van der Waals surface area contributed by atoms with Crippen LogP contribution in [0.15, 0.2) is 52.0 Å². The molecule has 1 heterocycles. The Labute approximate surface area is 196 Å². The number of carbonyl (C=O) groups excluding carboxylic acids is 2. The summed E-state index contributed by atoms with van der Waals surface area (Å²) in [4.78, 5) is 25.5. The van der Waals surface area contributed by atoms with Gasteiger partial charge in [0.1, 0.15) is 11.5 Å². The molecule has 0 fully saturated rings. The van der Waals surface area contributed by atoms with Crippen LogP contribution in [-0.2, 0) is 6.42 Å². The molecule has 1 aliphatic rings. The Hall–Kier alpha value is -3.58. The maximum absolute atomic E-state index is 13.0. The van der Waals surface area contributed by atoms with Gasteiger partial charge >= 0.3 is 0 Å². The number of nitrogens with zero attached hydrogens (tertiary/aromatic N) is 1. The summed E-state index contributed by atoms with van der Waals surface area (Å²) in [5.41, 5.74) is 6.77. The highest BCUT2D eigenvalue weighted by Gasteiger charge is 2.28. The first-order valence-corrected chi connectivity index (χ1v) is 11.0. The van der Waals surface area contributed by atoms with Crippen LogP contribution in [0.5, 0.6) is 5.75 Å². The van der Waals surface area contributed by atoms with Crippen LogP contribution in [0, 0.1) is 13.8 Å². The molecule has 3 aromatic rings. The highest BCUT2D eigenvalue weighted by atomic mass is 35.5. The lowest BCUT2D eigenvalue weighted by atomic mass is 9.93. The number of aryl methyl sites for hydroxylation is 2. The van der Waals surface area contributed by atoms with Gasteiger partial charge in [-0.25, -0.2) is 5.43 Å². The number of methoxy groups -OCH3 is 1. The second-order valence-electron chi connectivity index (χ2n) is 7.87. The minimum atomic E-state index is -0.365. The minimum absolute atomic E-state index is 0.224. The van der Waals surface area contributed by atoms with Gasteiger partial charge in [0.25, 0.3) is 11.8 Å². The molecule has 0 saturated heterocycles. The van der Waals surface area contributed by atoms with E-state index >= 15 is 0 Å². The lowest BCUT2D eigenvalue weighted by Crippen LogP contribution is -2.22. The zero-order valence-corrected chi connectivity index (χ0v) is 19.4. The molecule has 0 aliphatic heterocycles. The molecule has 0 radical (unpaired) electrons. The van der Waals surface area contributed by atoms with Gasteiger partial charge in [-0.2, -0.15) is 5.10 Å². The number of fused-ring (bicyclic) bond motifs is 1. The summed E-state index contributed by atoms with van der Waals surface area (Å²) in [5, 5.41) is 7.79. The third kappa shape index (κ3) is 4.78. The number of hydrazone groups is 1. The van der Waals surface area contributed by atoms with Crippen molar-refractivity contribution in [3.8, 4) is 5.75 Å². The summed E-state index contributed by atoms with van der Waals surface area (Å²) in [6, 6.07) is 12.1. The second-order valence-corrected chi connectivity index (χ2v) is 8.31. The van der Waals surface area contributed by atoms with E-state index in [1.807, 2.05) is 26.0 Å². The van der Waals surface area contributed by atoms with Gasteiger partial charge in [-0.15, -0.1) is 0 Å². The summed E-state index contributed by atoms with van der Waals surface area (Å²) in [5.74, 6) is 0.782. The van der Waals surface area contributed by atoms with Crippen molar-refractivity contribution in [2.45, 2.75) is 33.1 Å². The maximum atomic E-state index is 13.0. The van der Waals surface area contributed by atoms with Gasteiger partial charge in [-0.1, -0.05) is 17.7 Å². The smallest absolute Gasteiger partial charge is 0.291 e. The molecule has 2 amide bonds. The van der Waals surface area contributed by atoms with Crippen molar-refractivity contribution < 1.29 is 18.7 Å². The van der Waals surface area contributed by atoms with Gasteiger partial charge in [0.2, 0.25) is 0 Å². The SMILES string of the molecule is COc1ccc(C)cc1NC(=O)c1oc2c(c1C)/C(=N/NC(=O)c1ccc(Cl)cc1)CCC2. The van der Waals surface area contributed by atoms with Crippen LogP contribution in [-0.4, -0.2) is 24.6 Å². The van der Waals surface area contributed by atoms with Crippen molar-refractivity contribution in [1.29, 1.82) is 0 Å². The molecule has 7 nitrogen and oxygen atoms in total. The monoisotopic (exact) mass is 465 g/mol. The number of hydrogen-bond acceptors (Lipinski definition) is 5. The van der Waals surface area contributed by atoms with E-state index in [1.54, 1.807) is 37.4 Å². The largest absolute Gasteiger partial charge is 0.495 e. The Bertz CT molecular complexity index is 1250. The van der Waals surface area contributed by atoms with Gasteiger partial charge < -0.3 is 14.5 Å². The molecule has 170 valence electrons. The first-order chi connectivity index (χ1) is 15.9. The zero-order valence-electron chi connectivity index (χ0n) is 18.6. The highest BCUT2D eigenvalue weighted by Crippen LogP contribution is 2.31. The number of benzene rings is 2. The molecule has 8 heteroatoms. The maximum Gasteiger partial charge on any atom is 0.291 e. The van der Waals surface area contributed by atoms with E-state index in [9.17, 15) is 9.59 Å². The lowest BCUT2D eigenvalue weighted by molar-refractivity contribution is 0.0953. The molecular weight excluding hydrogens is 442 g/mol. The van der Waals surface area contributed by atoms with E-state index in [0.717, 1.165) is 17.5 Å². The molecule has 0 atom stereocenters. The van der Waals surface area contributed by atoms with E-state index in [4.69, 9.17) is 20.8 Å². The number of rotatable bonds is 5. The van der Waals surface area contributed by atoms with Crippen molar-refractivity contribution in [2.24, 2.45) is 5.10 Å². The summed E-state index contributed by atoms with van der Waals surface area (Å²) in [7, 11) is 1.55. The Morgan fingerprint density at radius 2 is 1.82 bits per heavy atom. The second kappa shape index (κ2) is 9.50. The molecule has 2 N–H and O–H groups in total. The molecule has 1 aromatic heterocycles. The van der Waals surface area contributed by atoms with Crippen LogP contribution < -0.4 is 15.5 Å². The first-order valence-electron chi connectivity index (χ1n) is 10.6. The zero-order chi connectivity index (χ0) is 23.5. The van der Waals surface area contributed by atoms with Crippen molar-refractivity contribution in [3.05, 3.63) is 81.3 Å². The van der Waals surface area contributed by atoms with Crippen LogP contribution >= 0.6 is 11.6 Å². The average Bonchev–Trinajstić information content (AvgIpc) is 3.15. The molecule has 33 heavy (non-hydrogen) atoms.